The summed E-state index contributed by atoms with van der Waals surface area (Å²) in [7, 11) is 0. The molecule has 2 rings (SSSR count). The highest BCUT2D eigenvalue weighted by molar-refractivity contribution is 5.55. The first-order valence-corrected chi connectivity index (χ1v) is 5.16. The van der Waals surface area contributed by atoms with Crippen LogP contribution in [0.25, 0.3) is 0 Å². The first-order chi connectivity index (χ1) is 8.47. The molecular formula is C13H10F3NO. The second-order valence-electron chi connectivity index (χ2n) is 3.82. The number of nitrogens with two attached hydrogens (primary N) is 1. The van der Waals surface area contributed by atoms with Crippen molar-refractivity contribution >= 4 is 5.69 Å². The van der Waals surface area contributed by atoms with Gasteiger partial charge in [0.05, 0.1) is 5.69 Å². The molecule has 2 N–H and O–H groups in total. The standard InChI is InChI=1S/C13H10F3NO/c1-7-4-13(12(17)6-10(7)15)18-8-2-3-9(14)11(16)5-8/h2-6H,17H2,1H3. The van der Waals surface area contributed by atoms with Crippen LogP contribution < -0.4 is 10.5 Å². The topological polar surface area (TPSA) is 35.2 Å². The molecule has 0 radical (unpaired) electrons. The van der Waals surface area contributed by atoms with E-state index < -0.39 is 17.5 Å². The molecule has 0 spiro atoms. The second kappa shape index (κ2) is 4.60. The second-order valence-corrected chi connectivity index (χ2v) is 3.82. The summed E-state index contributed by atoms with van der Waals surface area (Å²) in [6.45, 7) is 1.55. The van der Waals surface area contributed by atoms with Crippen molar-refractivity contribution in [3.8, 4) is 11.5 Å². The molecule has 2 nitrogen and oxygen atoms in total. The summed E-state index contributed by atoms with van der Waals surface area (Å²) in [5.74, 6) is -2.16. The Morgan fingerprint density at radius 1 is 0.944 bits per heavy atom. The van der Waals surface area contributed by atoms with Gasteiger partial charge in [-0.1, -0.05) is 0 Å². The smallest absolute Gasteiger partial charge is 0.162 e. The minimum Gasteiger partial charge on any atom is -0.455 e. The average Bonchev–Trinajstić information content (AvgIpc) is 2.31. The largest absolute Gasteiger partial charge is 0.455 e. The number of benzene rings is 2. The van der Waals surface area contributed by atoms with Gasteiger partial charge in [-0.25, -0.2) is 13.2 Å². The van der Waals surface area contributed by atoms with Crippen molar-refractivity contribution in [1.29, 1.82) is 0 Å². The fraction of sp³-hybridized carbons (Fsp3) is 0.0769. The SMILES string of the molecule is Cc1cc(Oc2ccc(F)c(F)c2)c(N)cc1F. The summed E-state index contributed by atoms with van der Waals surface area (Å²) in [6, 6.07) is 5.61. The number of rotatable bonds is 2. The van der Waals surface area contributed by atoms with Crippen molar-refractivity contribution in [2.45, 2.75) is 6.92 Å². The lowest BCUT2D eigenvalue weighted by molar-refractivity contribution is 0.461. The maximum Gasteiger partial charge on any atom is 0.162 e. The molecule has 5 heteroatoms. The van der Waals surface area contributed by atoms with Gasteiger partial charge in [0, 0.05) is 12.1 Å². The number of halogens is 3. The van der Waals surface area contributed by atoms with Crippen LogP contribution in [-0.4, -0.2) is 0 Å². The minimum absolute atomic E-state index is 0.0860. The van der Waals surface area contributed by atoms with Crippen LogP contribution in [0, 0.1) is 24.4 Å². The third-order valence-electron chi connectivity index (χ3n) is 2.41. The van der Waals surface area contributed by atoms with Crippen molar-refractivity contribution in [2.75, 3.05) is 5.73 Å². The molecule has 0 atom stereocenters. The van der Waals surface area contributed by atoms with Gasteiger partial charge in [0.2, 0.25) is 0 Å². The summed E-state index contributed by atoms with van der Waals surface area (Å²) < 4.78 is 44.2. The van der Waals surface area contributed by atoms with Crippen LogP contribution in [-0.2, 0) is 0 Å². The molecule has 0 unspecified atom stereocenters. The number of ether oxygens (including phenoxy) is 1. The summed E-state index contributed by atoms with van der Waals surface area (Å²) in [4.78, 5) is 0. The molecule has 2 aromatic carbocycles. The van der Waals surface area contributed by atoms with E-state index in [0.29, 0.717) is 5.56 Å². The Morgan fingerprint density at radius 3 is 2.33 bits per heavy atom. The zero-order valence-corrected chi connectivity index (χ0v) is 9.51. The van der Waals surface area contributed by atoms with Crippen molar-refractivity contribution in [2.24, 2.45) is 0 Å². The summed E-state index contributed by atoms with van der Waals surface area (Å²) in [6.07, 6.45) is 0. The molecule has 0 aliphatic carbocycles. The number of nitrogen functional groups attached to an aromatic ring is 1. The van der Waals surface area contributed by atoms with Gasteiger partial charge in [-0.05, 0) is 30.7 Å². The van der Waals surface area contributed by atoms with Gasteiger partial charge in [-0.2, -0.15) is 0 Å². The van der Waals surface area contributed by atoms with E-state index in [9.17, 15) is 13.2 Å². The molecule has 0 saturated heterocycles. The van der Waals surface area contributed by atoms with E-state index in [0.717, 1.165) is 18.2 Å². The van der Waals surface area contributed by atoms with Crippen LogP contribution in [0.4, 0.5) is 18.9 Å². The highest BCUT2D eigenvalue weighted by atomic mass is 19.2. The zero-order chi connectivity index (χ0) is 13.3. The van der Waals surface area contributed by atoms with Gasteiger partial charge in [0.25, 0.3) is 0 Å². The Bertz CT molecular complexity index is 599. The number of hydrogen-bond acceptors (Lipinski definition) is 2. The van der Waals surface area contributed by atoms with Gasteiger partial charge in [-0.15, -0.1) is 0 Å². The van der Waals surface area contributed by atoms with Crippen LogP contribution in [0.5, 0.6) is 11.5 Å². The highest BCUT2D eigenvalue weighted by Gasteiger charge is 2.09. The van der Waals surface area contributed by atoms with Gasteiger partial charge >= 0.3 is 0 Å². The lowest BCUT2D eigenvalue weighted by atomic mass is 10.2. The normalized spacial score (nSPS) is 10.4. The van der Waals surface area contributed by atoms with Crippen LogP contribution >= 0.6 is 0 Å². The van der Waals surface area contributed by atoms with E-state index in [2.05, 4.69) is 0 Å². The van der Waals surface area contributed by atoms with Gasteiger partial charge in [0.15, 0.2) is 17.4 Å². The lowest BCUT2D eigenvalue weighted by Crippen LogP contribution is -1.96. The van der Waals surface area contributed by atoms with E-state index in [1.54, 1.807) is 6.92 Å². The van der Waals surface area contributed by atoms with Crippen molar-refractivity contribution in [1.82, 2.24) is 0 Å². The van der Waals surface area contributed by atoms with E-state index in [4.69, 9.17) is 10.5 Å². The van der Waals surface area contributed by atoms with Crippen LogP contribution in [0.2, 0.25) is 0 Å². The summed E-state index contributed by atoms with van der Waals surface area (Å²) >= 11 is 0. The zero-order valence-electron chi connectivity index (χ0n) is 9.51. The summed E-state index contributed by atoms with van der Waals surface area (Å²) in [5, 5.41) is 0. The predicted octanol–water partition coefficient (Wildman–Crippen LogP) is 3.79. The molecule has 94 valence electrons. The molecule has 0 saturated carbocycles. The van der Waals surface area contributed by atoms with Crippen molar-refractivity contribution in [3.05, 3.63) is 53.3 Å². The Labute approximate surface area is 102 Å². The number of hydrogen-bond donors (Lipinski definition) is 1. The Kier molecular flexibility index (Phi) is 3.14. The van der Waals surface area contributed by atoms with Gasteiger partial charge < -0.3 is 10.5 Å². The molecule has 2 aromatic rings. The number of aryl methyl sites for hydroxylation is 1. The minimum atomic E-state index is -1.02. The lowest BCUT2D eigenvalue weighted by Gasteiger charge is -2.10. The molecule has 0 fully saturated rings. The van der Waals surface area contributed by atoms with E-state index >= 15 is 0 Å². The van der Waals surface area contributed by atoms with E-state index in [1.807, 2.05) is 0 Å². The quantitative estimate of drug-likeness (QED) is 0.826. The van der Waals surface area contributed by atoms with E-state index in [1.165, 1.54) is 12.1 Å². The fourth-order valence-corrected chi connectivity index (χ4v) is 1.43. The molecule has 0 amide bonds. The highest BCUT2D eigenvalue weighted by Crippen LogP contribution is 2.30. The average molecular weight is 253 g/mol. The first-order valence-electron chi connectivity index (χ1n) is 5.16. The van der Waals surface area contributed by atoms with Crippen molar-refractivity contribution in [3.63, 3.8) is 0 Å². The number of anilines is 1. The van der Waals surface area contributed by atoms with Crippen LogP contribution in [0.3, 0.4) is 0 Å². The van der Waals surface area contributed by atoms with E-state index in [-0.39, 0.29) is 17.2 Å². The van der Waals surface area contributed by atoms with Crippen LogP contribution in [0.15, 0.2) is 30.3 Å². The third-order valence-corrected chi connectivity index (χ3v) is 2.41. The fourth-order valence-electron chi connectivity index (χ4n) is 1.43. The summed E-state index contributed by atoms with van der Waals surface area (Å²) in [5.41, 5.74) is 6.01. The Balaban J connectivity index is 2.34. The predicted molar refractivity (Wildman–Crippen MR) is 62.0 cm³/mol. The van der Waals surface area contributed by atoms with Crippen LogP contribution in [0.1, 0.15) is 5.56 Å². The van der Waals surface area contributed by atoms with Crippen molar-refractivity contribution < 1.29 is 17.9 Å². The molecule has 0 aromatic heterocycles. The maximum absolute atomic E-state index is 13.2. The molecular weight excluding hydrogens is 243 g/mol. The molecule has 18 heavy (non-hydrogen) atoms. The van der Waals surface area contributed by atoms with Gasteiger partial charge in [0.1, 0.15) is 11.6 Å². The molecule has 0 aliphatic rings. The molecule has 0 bridgehead atoms. The monoisotopic (exact) mass is 253 g/mol. The molecule has 0 aliphatic heterocycles. The maximum atomic E-state index is 13.2. The molecule has 0 heterocycles. The van der Waals surface area contributed by atoms with Gasteiger partial charge in [-0.3, -0.25) is 0 Å². The Hall–Kier alpha value is -2.17. The third kappa shape index (κ3) is 2.40. The first kappa shape index (κ1) is 12.3. The Morgan fingerprint density at radius 2 is 1.67 bits per heavy atom.